The molecule has 0 spiro atoms. The van der Waals surface area contributed by atoms with Crippen LogP contribution >= 0.6 is 0 Å². The van der Waals surface area contributed by atoms with Crippen molar-refractivity contribution in [1.29, 1.82) is 0 Å². The number of rotatable bonds is 5. The highest BCUT2D eigenvalue weighted by atomic mass is 16.7. The quantitative estimate of drug-likeness (QED) is 0.763. The van der Waals surface area contributed by atoms with E-state index in [4.69, 9.17) is 9.47 Å². The maximum atomic E-state index is 11.6. The molecule has 0 amide bonds. The van der Waals surface area contributed by atoms with Gasteiger partial charge in [-0.1, -0.05) is 30.3 Å². The monoisotopic (exact) mass is 260 g/mol. The maximum absolute atomic E-state index is 11.6. The van der Waals surface area contributed by atoms with E-state index in [1.807, 2.05) is 30.3 Å². The zero-order chi connectivity index (χ0) is 13.7. The van der Waals surface area contributed by atoms with E-state index in [0.29, 0.717) is 18.4 Å². The third-order valence-corrected chi connectivity index (χ3v) is 2.87. The number of ether oxygens (including phenoxy) is 2. The Hall–Kier alpha value is -2.10. The van der Waals surface area contributed by atoms with E-state index < -0.39 is 12.3 Å². The van der Waals surface area contributed by atoms with Crippen LogP contribution in [0.4, 0.5) is 0 Å². The topological polar surface area (TPSA) is 52.6 Å². The fraction of sp³-hybridized carbons (Fsp3) is 0.333. The Morgan fingerprint density at radius 3 is 2.68 bits per heavy atom. The Morgan fingerprint density at radius 2 is 2.05 bits per heavy atom. The van der Waals surface area contributed by atoms with Crippen LogP contribution in [0.2, 0.25) is 0 Å². The predicted octanol–water partition coefficient (Wildman–Crippen LogP) is 2.38. The van der Waals surface area contributed by atoms with Gasteiger partial charge in [-0.05, 0) is 25.3 Å². The van der Waals surface area contributed by atoms with Gasteiger partial charge in [0.05, 0.1) is 0 Å². The number of hydrogen-bond donors (Lipinski definition) is 0. The number of carbonyl (C=O) groups is 2. The number of benzene rings is 1. The summed E-state index contributed by atoms with van der Waals surface area (Å²) in [4.78, 5) is 22.6. The van der Waals surface area contributed by atoms with Crippen molar-refractivity contribution >= 4 is 11.9 Å². The molecule has 0 aromatic heterocycles. The van der Waals surface area contributed by atoms with Crippen molar-refractivity contribution in [2.24, 2.45) is 0 Å². The van der Waals surface area contributed by atoms with Gasteiger partial charge in [-0.3, -0.25) is 4.79 Å². The van der Waals surface area contributed by atoms with Gasteiger partial charge in [0, 0.05) is 18.1 Å². The summed E-state index contributed by atoms with van der Waals surface area (Å²) in [5.41, 5.74) is 1.67. The number of aryl methyl sites for hydroxylation is 1. The highest BCUT2D eigenvalue weighted by Gasteiger charge is 2.24. The van der Waals surface area contributed by atoms with Crippen LogP contribution in [0.1, 0.15) is 25.3 Å². The Morgan fingerprint density at radius 1 is 1.32 bits per heavy atom. The molecule has 1 unspecified atom stereocenters. The minimum Gasteiger partial charge on any atom is -0.421 e. The molecule has 1 aromatic rings. The van der Waals surface area contributed by atoms with Gasteiger partial charge in [0.25, 0.3) is 6.29 Å². The molecular weight excluding hydrogens is 244 g/mol. The Bertz CT molecular complexity index is 490. The van der Waals surface area contributed by atoms with E-state index >= 15 is 0 Å². The number of hydrogen-bond acceptors (Lipinski definition) is 4. The second kappa shape index (κ2) is 6.18. The first-order valence-electron chi connectivity index (χ1n) is 6.28. The highest BCUT2D eigenvalue weighted by molar-refractivity contribution is 5.90. The van der Waals surface area contributed by atoms with Crippen molar-refractivity contribution in [2.45, 2.75) is 32.5 Å². The van der Waals surface area contributed by atoms with Gasteiger partial charge in [-0.25, -0.2) is 4.79 Å². The summed E-state index contributed by atoms with van der Waals surface area (Å²) in [5.74, 6) is -0.776. The van der Waals surface area contributed by atoms with E-state index in [9.17, 15) is 9.59 Å². The molecule has 0 saturated carbocycles. The van der Waals surface area contributed by atoms with Crippen LogP contribution in [-0.4, -0.2) is 18.2 Å². The predicted molar refractivity (Wildman–Crippen MR) is 69.1 cm³/mol. The third kappa shape index (κ3) is 3.95. The zero-order valence-electron chi connectivity index (χ0n) is 10.8. The summed E-state index contributed by atoms with van der Waals surface area (Å²) in [6, 6.07) is 9.95. The first-order valence-corrected chi connectivity index (χ1v) is 6.28. The lowest BCUT2D eigenvalue weighted by atomic mass is 10.1. The van der Waals surface area contributed by atoms with Crippen molar-refractivity contribution in [1.82, 2.24) is 0 Å². The minimum absolute atomic E-state index is 0.315. The first-order chi connectivity index (χ1) is 9.15. The molecule has 0 saturated heterocycles. The van der Waals surface area contributed by atoms with Crippen LogP contribution in [0.25, 0.3) is 0 Å². The van der Waals surface area contributed by atoms with Gasteiger partial charge >= 0.3 is 11.9 Å². The molecule has 1 aromatic carbocycles. The zero-order valence-corrected chi connectivity index (χ0v) is 10.8. The van der Waals surface area contributed by atoms with Gasteiger partial charge in [-0.2, -0.15) is 0 Å². The summed E-state index contributed by atoms with van der Waals surface area (Å²) in [5, 5.41) is 0. The average molecular weight is 260 g/mol. The van der Waals surface area contributed by atoms with Gasteiger partial charge in [0.2, 0.25) is 0 Å². The summed E-state index contributed by atoms with van der Waals surface area (Å²) < 4.78 is 9.87. The molecule has 1 aliphatic rings. The summed E-state index contributed by atoms with van der Waals surface area (Å²) in [6.07, 6.45) is 2.52. The Labute approximate surface area is 112 Å². The van der Waals surface area contributed by atoms with Gasteiger partial charge in [0.15, 0.2) is 0 Å². The standard InChI is InChI=1S/C15H16O4/c1-11-10-14(19-15(11)17)18-13(16)9-5-8-12-6-3-2-4-7-12/h2-4,6-7,10,14H,5,8-9H2,1H3. The molecular formula is C15H16O4. The second-order valence-corrected chi connectivity index (χ2v) is 4.45. The molecule has 0 aliphatic carbocycles. The fourth-order valence-electron chi connectivity index (χ4n) is 1.83. The smallest absolute Gasteiger partial charge is 0.337 e. The third-order valence-electron chi connectivity index (χ3n) is 2.87. The van der Waals surface area contributed by atoms with Crippen LogP contribution in [-0.2, 0) is 25.5 Å². The lowest BCUT2D eigenvalue weighted by molar-refractivity contribution is -0.173. The molecule has 2 rings (SSSR count). The van der Waals surface area contributed by atoms with Crippen molar-refractivity contribution in [3.8, 4) is 0 Å². The average Bonchev–Trinajstić information content (AvgIpc) is 2.69. The van der Waals surface area contributed by atoms with Crippen LogP contribution < -0.4 is 0 Å². The van der Waals surface area contributed by atoms with Crippen molar-refractivity contribution < 1.29 is 19.1 Å². The SMILES string of the molecule is CC1=CC(OC(=O)CCCc2ccccc2)OC1=O. The van der Waals surface area contributed by atoms with Crippen molar-refractivity contribution in [3.05, 3.63) is 47.5 Å². The summed E-state index contributed by atoms with van der Waals surface area (Å²) >= 11 is 0. The lowest BCUT2D eigenvalue weighted by Crippen LogP contribution is -2.17. The lowest BCUT2D eigenvalue weighted by Gasteiger charge is -2.09. The molecule has 4 nitrogen and oxygen atoms in total. The molecule has 0 bridgehead atoms. The van der Waals surface area contributed by atoms with Crippen molar-refractivity contribution in [3.63, 3.8) is 0 Å². The first kappa shape index (κ1) is 13.3. The molecule has 19 heavy (non-hydrogen) atoms. The molecule has 4 heteroatoms. The molecule has 100 valence electrons. The van der Waals surface area contributed by atoms with Crippen LogP contribution in [0.5, 0.6) is 0 Å². The maximum Gasteiger partial charge on any atom is 0.337 e. The fourth-order valence-corrected chi connectivity index (χ4v) is 1.83. The number of cyclic esters (lactones) is 1. The number of esters is 2. The molecule has 0 N–H and O–H groups in total. The van der Waals surface area contributed by atoms with Gasteiger partial charge < -0.3 is 9.47 Å². The van der Waals surface area contributed by atoms with Gasteiger partial charge in [-0.15, -0.1) is 0 Å². The minimum atomic E-state index is -0.850. The van der Waals surface area contributed by atoms with Gasteiger partial charge in [0.1, 0.15) is 0 Å². The van der Waals surface area contributed by atoms with E-state index in [1.165, 1.54) is 11.6 Å². The largest absolute Gasteiger partial charge is 0.421 e. The Kier molecular flexibility index (Phi) is 4.34. The molecule has 1 heterocycles. The van der Waals surface area contributed by atoms with Crippen LogP contribution in [0, 0.1) is 0 Å². The van der Waals surface area contributed by atoms with E-state index in [1.54, 1.807) is 6.92 Å². The van der Waals surface area contributed by atoms with Crippen LogP contribution in [0.3, 0.4) is 0 Å². The highest BCUT2D eigenvalue weighted by Crippen LogP contribution is 2.15. The van der Waals surface area contributed by atoms with E-state index in [0.717, 1.165) is 6.42 Å². The number of carbonyl (C=O) groups excluding carboxylic acids is 2. The normalized spacial score (nSPS) is 17.8. The van der Waals surface area contributed by atoms with E-state index in [-0.39, 0.29) is 5.97 Å². The Balaban J connectivity index is 1.70. The summed E-state index contributed by atoms with van der Waals surface area (Å²) in [7, 11) is 0. The molecule has 0 radical (unpaired) electrons. The van der Waals surface area contributed by atoms with E-state index in [2.05, 4.69) is 0 Å². The second-order valence-electron chi connectivity index (χ2n) is 4.45. The van der Waals surface area contributed by atoms with Crippen LogP contribution in [0.15, 0.2) is 42.0 Å². The molecule has 0 fully saturated rings. The van der Waals surface area contributed by atoms with Crippen molar-refractivity contribution in [2.75, 3.05) is 0 Å². The molecule has 1 atom stereocenters. The summed E-state index contributed by atoms with van der Waals surface area (Å²) in [6.45, 7) is 1.63. The molecule has 1 aliphatic heterocycles.